The molecule has 1 aromatic heterocycles. The van der Waals surface area contributed by atoms with Crippen molar-refractivity contribution in [1.29, 1.82) is 0 Å². The minimum atomic E-state index is -4.30. The Bertz CT molecular complexity index is 463. The van der Waals surface area contributed by atoms with Gasteiger partial charge in [0.05, 0.1) is 15.9 Å². The summed E-state index contributed by atoms with van der Waals surface area (Å²) >= 11 is 2.10. The van der Waals surface area contributed by atoms with Gasteiger partial charge in [-0.2, -0.15) is 13.2 Å². The fraction of sp³-hybridized carbons (Fsp3) is 0.636. The standard InChI is InChI=1S/C11H13F3IN3O/c12-11(13,14)5-19-4-3-7-17-9(6-1-2-6)8(15)10(16)18-7/h6H,1-5H2,(H2,16,17,18). The molecule has 0 amide bonds. The first-order chi connectivity index (χ1) is 8.87. The van der Waals surface area contributed by atoms with Gasteiger partial charge in [-0.25, -0.2) is 9.97 Å². The lowest BCUT2D eigenvalue weighted by molar-refractivity contribution is -0.173. The minimum Gasteiger partial charge on any atom is -0.383 e. The number of nitrogens with zero attached hydrogens (tertiary/aromatic N) is 2. The maximum Gasteiger partial charge on any atom is 0.411 e. The molecule has 106 valence electrons. The Morgan fingerprint density at radius 1 is 1.32 bits per heavy atom. The van der Waals surface area contributed by atoms with Crippen LogP contribution in [0, 0.1) is 3.57 Å². The van der Waals surface area contributed by atoms with Crippen molar-refractivity contribution in [3.8, 4) is 0 Å². The first-order valence-electron chi connectivity index (χ1n) is 5.83. The molecule has 0 aliphatic heterocycles. The summed E-state index contributed by atoms with van der Waals surface area (Å²) in [5.74, 6) is 1.26. The van der Waals surface area contributed by atoms with Gasteiger partial charge in [-0.3, -0.25) is 0 Å². The van der Waals surface area contributed by atoms with E-state index in [0.29, 0.717) is 17.6 Å². The van der Waals surface area contributed by atoms with Crippen LogP contribution in [0.3, 0.4) is 0 Å². The molecule has 0 spiro atoms. The Kier molecular flexibility index (Phi) is 4.49. The smallest absolute Gasteiger partial charge is 0.383 e. The van der Waals surface area contributed by atoms with Gasteiger partial charge in [0, 0.05) is 12.3 Å². The third-order valence-electron chi connectivity index (χ3n) is 2.65. The number of halogens is 4. The lowest BCUT2D eigenvalue weighted by atomic mass is 10.2. The Morgan fingerprint density at radius 3 is 2.58 bits per heavy atom. The molecule has 1 aromatic rings. The van der Waals surface area contributed by atoms with E-state index in [-0.39, 0.29) is 13.0 Å². The van der Waals surface area contributed by atoms with Crippen molar-refractivity contribution in [2.75, 3.05) is 18.9 Å². The molecule has 19 heavy (non-hydrogen) atoms. The zero-order chi connectivity index (χ0) is 14.0. The van der Waals surface area contributed by atoms with Crippen LogP contribution in [0.5, 0.6) is 0 Å². The molecule has 4 nitrogen and oxygen atoms in total. The molecule has 0 aromatic carbocycles. The number of nitrogens with two attached hydrogens (primary N) is 1. The fourth-order valence-electron chi connectivity index (χ4n) is 1.62. The van der Waals surface area contributed by atoms with Crippen LogP contribution in [0.25, 0.3) is 0 Å². The maximum atomic E-state index is 11.9. The van der Waals surface area contributed by atoms with E-state index in [1.54, 1.807) is 0 Å². The van der Waals surface area contributed by atoms with Crippen molar-refractivity contribution >= 4 is 28.4 Å². The quantitative estimate of drug-likeness (QED) is 0.624. The van der Waals surface area contributed by atoms with Crippen molar-refractivity contribution in [2.24, 2.45) is 0 Å². The predicted molar refractivity (Wildman–Crippen MR) is 71.7 cm³/mol. The molecule has 1 aliphatic rings. The van der Waals surface area contributed by atoms with Gasteiger partial charge in [-0.1, -0.05) is 0 Å². The van der Waals surface area contributed by atoms with Crippen LogP contribution in [-0.2, 0) is 11.2 Å². The molecule has 2 rings (SSSR count). The van der Waals surface area contributed by atoms with Gasteiger partial charge in [-0.15, -0.1) is 0 Å². The summed E-state index contributed by atoms with van der Waals surface area (Å²) in [4.78, 5) is 8.44. The highest BCUT2D eigenvalue weighted by Gasteiger charge is 2.29. The van der Waals surface area contributed by atoms with Crippen molar-refractivity contribution in [3.05, 3.63) is 15.1 Å². The second-order valence-electron chi connectivity index (χ2n) is 4.42. The molecule has 0 unspecified atom stereocenters. The van der Waals surface area contributed by atoms with E-state index in [1.165, 1.54) is 0 Å². The molecule has 1 heterocycles. The second kappa shape index (κ2) is 5.78. The molecule has 0 atom stereocenters. The fourth-order valence-corrected chi connectivity index (χ4v) is 2.30. The Hall–Kier alpha value is -0.640. The van der Waals surface area contributed by atoms with E-state index in [0.717, 1.165) is 22.1 Å². The SMILES string of the molecule is Nc1nc(CCOCC(F)(F)F)nc(C2CC2)c1I. The van der Waals surface area contributed by atoms with E-state index in [4.69, 9.17) is 5.73 Å². The number of rotatable bonds is 5. The normalized spacial score (nSPS) is 15.8. The highest BCUT2D eigenvalue weighted by Crippen LogP contribution is 2.41. The van der Waals surface area contributed by atoms with Crippen molar-refractivity contribution < 1.29 is 17.9 Å². The highest BCUT2D eigenvalue weighted by atomic mass is 127. The van der Waals surface area contributed by atoms with E-state index in [2.05, 4.69) is 37.3 Å². The second-order valence-corrected chi connectivity index (χ2v) is 5.50. The first kappa shape index (κ1) is 14.8. The zero-order valence-corrected chi connectivity index (χ0v) is 12.2. The number of ether oxygens (including phenoxy) is 1. The number of alkyl halides is 3. The molecule has 0 bridgehead atoms. The summed E-state index contributed by atoms with van der Waals surface area (Å²) in [5.41, 5.74) is 6.70. The summed E-state index contributed by atoms with van der Waals surface area (Å²) < 4.78 is 41.1. The number of aromatic nitrogens is 2. The molecular formula is C11H13F3IN3O. The van der Waals surface area contributed by atoms with Crippen LogP contribution in [0.1, 0.15) is 30.3 Å². The molecule has 1 saturated carbocycles. The molecule has 1 fully saturated rings. The molecule has 1 aliphatic carbocycles. The summed E-state index contributed by atoms with van der Waals surface area (Å²) in [6.45, 7) is -1.31. The van der Waals surface area contributed by atoms with Crippen molar-refractivity contribution in [1.82, 2.24) is 9.97 Å². The Morgan fingerprint density at radius 2 is 2.00 bits per heavy atom. The predicted octanol–water partition coefficient (Wildman–Crippen LogP) is 2.66. The van der Waals surface area contributed by atoms with Gasteiger partial charge in [-0.05, 0) is 35.4 Å². The number of hydrogen-bond acceptors (Lipinski definition) is 4. The van der Waals surface area contributed by atoms with Gasteiger partial charge in [0.1, 0.15) is 18.2 Å². The number of anilines is 1. The minimum absolute atomic E-state index is 0.0658. The molecule has 0 saturated heterocycles. The third-order valence-corrected chi connectivity index (χ3v) is 3.75. The van der Waals surface area contributed by atoms with Gasteiger partial charge in [0.15, 0.2) is 0 Å². The average Bonchev–Trinajstić information content (AvgIpc) is 3.11. The van der Waals surface area contributed by atoms with Crippen LogP contribution >= 0.6 is 22.6 Å². The van der Waals surface area contributed by atoms with Crippen LogP contribution < -0.4 is 5.73 Å². The van der Waals surface area contributed by atoms with E-state index in [1.807, 2.05) is 0 Å². The van der Waals surface area contributed by atoms with E-state index >= 15 is 0 Å². The summed E-state index contributed by atoms with van der Waals surface area (Å²) in [6, 6.07) is 0. The van der Waals surface area contributed by atoms with E-state index in [9.17, 15) is 13.2 Å². The Labute approximate surface area is 122 Å². The molecule has 0 radical (unpaired) electrons. The van der Waals surface area contributed by atoms with Gasteiger partial charge < -0.3 is 10.5 Å². The number of hydrogen-bond donors (Lipinski definition) is 1. The van der Waals surface area contributed by atoms with Crippen LogP contribution in [-0.4, -0.2) is 29.4 Å². The maximum absolute atomic E-state index is 11.9. The summed E-state index contributed by atoms with van der Waals surface area (Å²) in [6.07, 6.45) is -1.91. The molecule has 8 heteroatoms. The molecular weight excluding hydrogens is 374 g/mol. The lowest BCUT2D eigenvalue weighted by Crippen LogP contribution is -2.18. The zero-order valence-electron chi connectivity index (χ0n) is 10.0. The third kappa shape index (κ3) is 4.44. The lowest BCUT2D eigenvalue weighted by Gasteiger charge is -2.09. The summed E-state index contributed by atoms with van der Waals surface area (Å²) in [5, 5.41) is 0. The van der Waals surface area contributed by atoms with Crippen molar-refractivity contribution in [2.45, 2.75) is 31.4 Å². The largest absolute Gasteiger partial charge is 0.411 e. The average molecular weight is 387 g/mol. The van der Waals surface area contributed by atoms with E-state index < -0.39 is 12.8 Å². The van der Waals surface area contributed by atoms with Crippen LogP contribution in [0.2, 0.25) is 0 Å². The van der Waals surface area contributed by atoms with Crippen molar-refractivity contribution in [3.63, 3.8) is 0 Å². The Balaban J connectivity index is 1.93. The first-order valence-corrected chi connectivity index (χ1v) is 6.91. The van der Waals surface area contributed by atoms with Gasteiger partial charge >= 0.3 is 6.18 Å². The van der Waals surface area contributed by atoms with Crippen LogP contribution in [0.4, 0.5) is 19.0 Å². The summed E-state index contributed by atoms with van der Waals surface area (Å²) in [7, 11) is 0. The van der Waals surface area contributed by atoms with Gasteiger partial charge in [0.2, 0.25) is 0 Å². The molecule has 2 N–H and O–H groups in total. The van der Waals surface area contributed by atoms with Gasteiger partial charge in [0.25, 0.3) is 0 Å². The van der Waals surface area contributed by atoms with Crippen LogP contribution in [0.15, 0.2) is 0 Å². The topological polar surface area (TPSA) is 61.0 Å². The number of nitrogen functional groups attached to an aromatic ring is 1. The highest BCUT2D eigenvalue weighted by molar-refractivity contribution is 14.1. The monoisotopic (exact) mass is 387 g/mol.